The molecule has 0 heterocycles. The third-order valence-electron chi connectivity index (χ3n) is 4.91. The van der Waals surface area contributed by atoms with Crippen LogP contribution in [-0.4, -0.2) is 31.0 Å². The predicted octanol–water partition coefficient (Wildman–Crippen LogP) is 6.48. The molecule has 1 atom stereocenters. The molecule has 0 aromatic heterocycles. The van der Waals surface area contributed by atoms with E-state index in [0.717, 1.165) is 21.8 Å². The van der Waals surface area contributed by atoms with E-state index in [1.54, 1.807) is 54.8 Å². The average Bonchev–Trinajstić information content (AvgIpc) is 2.82. The maximum Gasteiger partial charge on any atom is 0.175 e. The summed E-state index contributed by atoms with van der Waals surface area (Å²) < 4.78 is 40.0. The van der Waals surface area contributed by atoms with Crippen LogP contribution in [0.2, 0.25) is 0 Å². The van der Waals surface area contributed by atoms with E-state index in [1.807, 2.05) is 62.4 Å². The van der Waals surface area contributed by atoms with Crippen molar-refractivity contribution >= 4 is 25.2 Å². The van der Waals surface area contributed by atoms with Gasteiger partial charge in [-0.05, 0) is 88.9 Å². The van der Waals surface area contributed by atoms with Crippen molar-refractivity contribution in [2.45, 2.75) is 23.6 Å². The fraction of sp³-hybridized carbons (Fsp3) is 0.138. The van der Waals surface area contributed by atoms with Crippen LogP contribution >= 0.6 is 0 Å². The average molecular weight is 509 g/mol. The number of ether oxygens (including phenoxy) is 1. The molecule has 35 heavy (non-hydrogen) atoms. The van der Waals surface area contributed by atoms with E-state index in [-0.39, 0.29) is 0 Å². The van der Waals surface area contributed by atoms with Gasteiger partial charge in [-0.25, -0.2) is 8.42 Å². The molecule has 0 aliphatic carbocycles. The van der Waals surface area contributed by atoms with Gasteiger partial charge in [-0.3, -0.25) is 4.21 Å². The molecule has 0 radical (unpaired) electrons. The Hall–Kier alpha value is -3.35. The van der Waals surface area contributed by atoms with Gasteiger partial charge in [0.05, 0.1) is 4.90 Å². The molecule has 0 saturated heterocycles. The van der Waals surface area contributed by atoms with Crippen LogP contribution in [0.15, 0.2) is 119 Å². The largest absolute Gasteiger partial charge is 0.458 e. The summed E-state index contributed by atoms with van der Waals surface area (Å²) in [5.41, 5.74) is 3.33. The topological polar surface area (TPSA) is 60.4 Å². The third-order valence-corrected chi connectivity index (χ3v) is 7.30. The van der Waals surface area contributed by atoms with Gasteiger partial charge >= 0.3 is 0 Å². The van der Waals surface area contributed by atoms with Crippen molar-refractivity contribution in [2.75, 3.05) is 12.5 Å². The van der Waals surface area contributed by atoms with Crippen LogP contribution in [0.25, 0.3) is 11.1 Å². The van der Waals surface area contributed by atoms with Gasteiger partial charge in [-0.1, -0.05) is 60.7 Å². The molecular formula is C29H32O4S2. The molecule has 6 heteroatoms. The van der Waals surface area contributed by atoms with E-state index in [9.17, 15) is 12.6 Å². The van der Waals surface area contributed by atoms with Crippen molar-refractivity contribution < 1.29 is 17.4 Å². The standard InChI is InChI=1S/C15H18O2S.C14H14O2S/c1-5-7-8-13(6-2)17-14-9-11-15(12-10-14)18(3,4)16;1-11-3-5-12(6-4-11)13-7-9-14(10-8-13)17(2,15)16/h5-12H,1,3H2,2,4H3;3-10H,1-2H3/b8-7-,13-6+;. The summed E-state index contributed by atoms with van der Waals surface area (Å²) in [5.74, 6) is 5.07. The predicted molar refractivity (Wildman–Crippen MR) is 149 cm³/mol. The van der Waals surface area contributed by atoms with Crippen LogP contribution in [0.4, 0.5) is 0 Å². The first-order chi connectivity index (χ1) is 16.4. The SMILES string of the molecule is C=C/C=C\C(=C/C)Oc1ccc(S(=C)(C)=O)cc1.Cc1ccc(-c2ccc(S(C)(=O)=O)cc2)cc1. The van der Waals surface area contributed by atoms with Crippen LogP contribution in [0.5, 0.6) is 5.75 Å². The molecule has 0 fully saturated rings. The highest BCUT2D eigenvalue weighted by molar-refractivity contribution is 7.99. The van der Waals surface area contributed by atoms with E-state index in [4.69, 9.17) is 4.74 Å². The first-order valence-electron chi connectivity index (χ1n) is 10.9. The Morgan fingerprint density at radius 1 is 0.800 bits per heavy atom. The number of rotatable bonds is 7. The Morgan fingerprint density at radius 2 is 1.29 bits per heavy atom. The molecule has 0 aliphatic rings. The Balaban J connectivity index is 0.000000247. The minimum absolute atomic E-state index is 0.355. The zero-order chi connectivity index (χ0) is 26.1. The Bertz CT molecular complexity index is 1390. The quantitative estimate of drug-likeness (QED) is 0.208. The van der Waals surface area contributed by atoms with Gasteiger partial charge in [0, 0.05) is 17.4 Å². The van der Waals surface area contributed by atoms with E-state index in [2.05, 4.69) is 12.4 Å². The Morgan fingerprint density at radius 3 is 1.71 bits per heavy atom. The van der Waals surface area contributed by atoms with Crippen molar-refractivity contribution in [3.05, 3.63) is 115 Å². The monoisotopic (exact) mass is 508 g/mol. The minimum Gasteiger partial charge on any atom is -0.458 e. The summed E-state index contributed by atoms with van der Waals surface area (Å²) in [6.45, 7) is 7.54. The molecule has 3 aromatic rings. The first-order valence-corrected chi connectivity index (χ1v) is 14.9. The zero-order valence-electron chi connectivity index (χ0n) is 20.6. The number of allylic oxidation sites excluding steroid dienone is 4. The van der Waals surface area contributed by atoms with Crippen LogP contribution in [-0.2, 0) is 19.4 Å². The summed E-state index contributed by atoms with van der Waals surface area (Å²) in [6.07, 6.45) is 10.0. The molecule has 0 amide bonds. The minimum atomic E-state index is -3.11. The lowest BCUT2D eigenvalue weighted by Crippen LogP contribution is -1.97. The number of hydrogen-bond acceptors (Lipinski definition) is 4. The number of aryl methyl sites for hydroxylation is 1. The molecule has 0 bridgehead atoms. The summed E-state index contributed by atoms with van der Waals surface area (Å²) in [6, 6.07) is 22.2. The fourth-order valence-corrected chi connectivity index (χ4v) is 4.27. The molecule has 0 aliphatic heterocycles. The van der Waals surface area contributed by atoms with E-state index >= 15 is 0 Å². The third kappa shape index (κ3) is 9.08. The summed E-state index contributed by atoms with van der Waals surface area (Å²) in [7, 11) is -5.27. The van der Waals surface area contributed by atoms with Gasteiger partial charge in [0.2, 0.25) is 0 Å². The highest BCUT2D eigenvalue weighted by Crippen LogP contribution is 2.22. The van der Waals surface area contributed by atoms with Crippen molar-refractivity contribution in [2.24, 2.45) is 0 Å². The van der Waals surface area contributed by atoms with Gasteiger partial charge in [-0.15, -0.1) is 0 Å². The molecule has 1 unspecified atom stereocenters. The Labute approximate surface area is 210 Å². The van der Waals surface area contributed by atoms with Gasteiger partial charge in [0.25, 0.3) is 0 Å². The molecule has 4 nitrogen and oxygen atoms in total. The maximum absolute atomic E-state index is 11.7. The smallest absolute Gasteiger partial charge is 0.175 e. The summed E-state index contributed by atoms with van der Waals surface area (Å²) >= 11 is 0. The van der Waals surface area contributed by atoms with Crippen LogP contribution in [0.1, 0.15) is 12.5 Å². The number of benzene rings is 3. The highest BCUT2D eigenvalue weighted by atomic mass is 32.2. The first kappa shape index (κ1) is 27.9. The van der Waals surface area contributed by atoms with Gasteiger partial charge < -0.3 is 4.74 Å². The molecule has 3 rings (SSSR count). The van der Waals surface area contributed by atoms with Crippen molar-refractivity contribution in [3.8, 4) is 16.9 Å². The van der Waals surface area contributed by atoms with Crippen molar-refractivity contribution in [1.82, 2.24) is 0 Å². The van der Waals surface area contributed by atoms with E-state index in [0.29, 0.717) is 10.6 Å². The van der Waals surface area contributed by atoms with Crippen molar-refractivity contribution in [1.29, 1.82) is 0 Å². The van der Waals surface area contributed by atoms with Gasteiger partial charge in [0.1, 0.15) is 11.5 Å². The molecular weight excluding hydrogens is 476 g/mol. The molecule has 184 valence electrons. The molecule has 3 aromatic carbocycles. The second kappa shape index (κ2) is 12.4. The second-order valence-corrected chi connectivity index (χ2v) is 12.5. The number of sulfone groups is 1. The van der Waals surface area contributed by atoms with Crippen LogP contribution in [0.3, 0.4) is 0 Å². The fourth-order valence-electron chi connectivity index (χ4n) is 2.92. The Kier molecular flexibility index (Phi) is 9.87. The zero-order valence-corrected chi connectivity index (χ0v) is 22.2. The lowest BCUT2D eigenvalue weighted by atomic mass is 10.0. The molecule has 0 spiro atoms. The number of hydrogen-bond donors (Lipinski definition) is 0. The molecule has 0 saturated carbocycles. The lowest BCUT2D eigenvalue weighted by molar-refractivity contribution is 0.443. The van der Waals surface area contributed by atoms with Crippen molar-refractivity contribution in [3.63, 3.8) is 0 Å². The summed E-state index contributed by atoms with van der Waals surface area (Å²) in [4.78, 5) is 1.08. The van der Waals surface area contributed by atoms with Crippen LogP contribution < -0.4 is 4.74 Å². The maximum atomic E-state index is 11.7. The van der Waals surface area contributed by atoms with E-state index in [1.165, 1.54) is 11.8 Å². The molecule has 0 N–H and O–H groups in total. The second-order valence-electron chi connectivity index (χ2n) is 8.03. The van der Waals surface area contributed by atoms with Gasteiger partial charge in [-0.2, -0.15) is 0 Å². The normalized spacial score (nSPS) is 13.4. The highest BCUT2D eigenvalue weighted by Gasteiger charge is 2.06. The van der Waals surface area contributed by atoms with Crippen LogP contribution in [0, 0.1) is 6.92 Å². The van der Waals surface area contributed by atoms with Gasteiger partial charge in [0.15, 0.2) is 9.84 Å². The van der Waals surface area contributed by atoms with E-state index < -0.39 is 19.4 Å². The lowest BCUT2D eigenvalue weighted by Gasteiger charge is -2.07. The summed E-state index contributed by atoms with van der Waals surface area (Å²) in [5, 5.41) is 0.